The molecular weight excluding hydrogens is 314 g/mol. The molecule has 0 aliphatic carbocycles. The molecule has 1 aromatic carbocycles. The van der Waals surface area contributed by atoms with Crippen LogP contribution >= 0.6 is 0 Å². The molecule has 122 valence electrons. The highest BCUT2D eigenvalue weighted by Crippen LogP contribution is 2.21. The number of hydrogen-bond acceptors (Lipinski definition) is 5. The maximum atomic E-state index is 12.7. The van der Waals surface area contributed by atoms with Gasteiger partial charge in [0, 0.05) is 0 Å². The molecule has 0 aliphatic heterocycles. The van der Waals surface area contributed by atoms with Crippen LogP contribution in [0.5, 0.6) is 0 Å². The first-order chi connectivity index (χ1) is 11.4. The van der Waals surface area contributed by atoms with Gasteiger partial charge in [-0.1, -0.05) is 13.0 Å². The normalized spacial score (nSPS) is 11.0. The number of rotatable bonds is 4. The number of aliphatic carboxylic acids is 1. The van der Waals surface area contributed by atoms with E-state index in [1.54, 1.807) is 12.1 Å². The van der Waals surface area contributed by atoms with Crippen molar-refractivity contribution in [3.05, 3.63) is 51.3 Å². The molecule has 0 saturated heterocycles. The van der Waals surface area contributed by atoms with Crippen LogP contribution in [0.4, 0.5) is 0 Å². The first kappa shape index (κ1) is 15.7. The molecule has 2 aromatic heterocycles. The molecule has 0 fully saturated rings. The highest BCUT2D eigenvalue weighted by atomic mass is 16.4. The lowest BCUT2D eigenvalue weighted by atomic mass is 10.1. The molecule has 0 unspecified atom stereocenters. The Morgan fingerprint density at radius 1 is 1.17 bits per heavy atom. The van der Waals surface area contributed by atoms with Crippen molar-refractivity contribution in [2.75, 3.05) is 0 Å². The van der Waals surface area contributed by atoms with E-state index in [1.165, 1.54) is 0 Å². The molecule has 7 heteroatoms. The minimum Gasteiger partial charge on any atom is -0.481 e. The average molecular weight is 327 g/mol. The molecule has 0 saturated carbocycles. The Bertz CT molecular complexity index is 1050. The van der Waals surface area contributed by atoms with Gasteiger partial charge in [-0.2, -0.15) is 0 Å². The summed E-state index contributed by atoms with van der Waals surface area (Å²) in [6.07, 6.45) is 0.164. The molecule has 24 heavy (non-hydrogen) atoms. The van der Waals surface area contributed by atoms with Crippen molar-refractivity contribution in [1.82, 2.24) is 4.98 Å². The fourth-order valence-electron chi connectivity index (χ4n) is 2.55. The van der Waals surface area contributed by atoms with Crippen molar-refractivity contribution in [2.24, 2.45) is 0 Å². The van der Waals surface area contributed by atoms with E-state index in [1.807, 2.05) is 13.0 Å². The highest BCUT2D eigenvalue weighted by molar-refractivity contribution is 5.96. The molecule has 0 aliphatic rings. The minimum absolute atomic E-state index is 0.0160. The number of hydrogen-bond donors (Lipinski definition) is 2. The summed E-state index contributed by atoms with van der Waals surface area (Å²) in [4.78, 5) is 38.9. The second kappa shape index (κ2) is 5.77. The number of aromatic nitrogens is 1. The number of benzene rings is 1. The number of pyridine rings is 1. The van der Waals surface area contributed by atoms with Crippen molar-refractivity contribution in [1.29, 1.82) is 0 Å². The number of carboxylic acids is 2. The van der Waals surface area contributed by atoms with Crippen LogP contribution in [0.3, 0.4) is 0 Å². The zero-order chi connectivity index (χ0) is 17.4. The maximum absolute atomic E-state index is 12.7. The summed E-state index contributed by atoms with van der Waals surface area (Å²) in [5.41, 5.74) is 0.333. The quantitative estimate of drug-likeness (QED) is 0.705. The predicted molar refractivity (Wildman–Crippen MR) is 85.5 cm³/mol. The van der Waals surface area contributed by atoms with Gasteiger partial charge in [0.15, 0.2) is 0 Å². The summed E-state index contributed by atoms with van der Waals surface area (Å²) in [5.74, 6) is -2.57. The van der Waals surface area contributed by atoms with Gasteiger partial charge in [-0.15, -0.1) is 0 Å². The SMILES string of the molecule is CCc1ccc2oc3nc(CC(=O)O)c(C(=O)O)cc3c(=O)c2c1. The lowest BCUT2D eigenvalue weighted by Gasteiger charge is -2.07. The molecule has 0 amide bonds. The molecule has 0 radical (unpaired) electrons. The zero-order valence-electron chi connectivity index (χ0n) is 12.7. The second-order valence-electron chi connectivity index (χ2n) is 5.33. The summed E-state index contributed by atoms with van der Waals surface area (Å²) in [5, 5.41) is 18.5. The van der Waals surface area contributed by atoms with Crippen molar-refractivity contribution in [2.45, 2.75) is 19.8 Å². The number of fused-ring (bicyclic) bond motifs is 2. The summed E-state index contributed by atoms with van der Waals surface area (Å²) in [6, 6.07) is 6.30. The Hall–Kier alpha value is -3.22. The number of carbonyl (C=O) groups is 2. The Balaban J connectivity index is 2.38. The molecule has 0 atom stereocenters. The van der Waals surface area contributed by atoms with Crippen molar-refractivity contribution in [3.8, 4) is 0 Å². The molecule has 7 nitrogen and oxygen atoms in total. The zero-order valence-corrected chi connectivity index (χ0v) is 12.7. The monoisotopic (exact) mass is 327 g/mol. The molecule has 3 aromatic rings. The van der Waals surface area contributed by atoms with Gasteiger partial charge in [-0.3, -0.25) is 9.59 Å². The van der Waals surface area contributed by atoms with Crippen LogP contribution in [0.25, 0.3) is 22.1 Å². The topological polar surface area (TPSA) is 118 Å². The van der Waals surface area contributed by atoms with Crippen LogP contribution in [-0.4, -0.2) is 27.1 Å². The Morgan fingerprint density at radius 3 is 2.54 bits per heavy atom. The number of carboxylic acid groups (broad SMARTS) is 2. The van der Waals surface area contributed by atoms with Gasteiger partial charge in [0.1, 0.15) is 5.58 Å². The van der Waals surface area contributed by atoms with Gasteiger partial charge in [0.05, 0.1) is 28.5 Å². The maximum Gasteiger partial charge on any atom is 0.337 e. The standard InChI is InChI=1S/C17H13NO6/c1-2-8-3-4-13-10(5-8)15(21)11-6-9(17(22)23)12(7-14(19)20)18-16(11)24-13/h3-6H,2,7H2,1H3,(H,19,20)(H,22,23). The van der Waals surface area contributed by atoms with E-state index in [0.29, 0.717) is 11.0 Å². The van der Waals surface area contributed by atoms with E-state index in [0.717, 1.165) is 18.1 Å². The van der Waals surface area contributed by atoms with Crippen molar-refractivity contribution < 1.29 is 24.2 Å². The fraction of sp³-hybridized carbons (Fsp3) is 0.176. The third-order valence-electron chi connectivity index (χ3n) is 3.76. The van der Waals surface area contributed by atoms with E-state index in [9.17, 15) is 19.5 Å². The number of aryl methyl sites for hydroxylation is 1. The molecule has 0 bridgehead atoms. The summed E-state index contributed by atoms with van der Waals surface area (Å²) in [6.45, 7) is 1.95. The number of nitrogens with zero attached hydrogens (tertiary/aromatic N) is 1. The Labute approximate surface area is 135 Å². The van der Waals surface area contributed by atoms with Crippen LogP contribution in [0.2, 0.25) is 0 Å². The predicted octanol–water partition coefficient (Wildman–Crippen LogP) is 2.23. The van der Waals surface area contributed by atoms with Crippen LogP contribution < -0.4 is 5.43 Å². The highest BCUT2D eigenvalue weighted by Gasteiger charge is 2.19. The smallest absolute Gasteiger partial charge is 0.337 e. The summed E-state index contributed by atoms with van der Waals surface area (Å²) >= 11 is 0. The van der Waals surface area contributed by atoms with Crippen LogP contribution in [0.1, 0.15) is 28.5 Å². The Morgan fingerprint density at radius 2 is 1.92 bits per heavy atom. The molecule has 0 spiro atoms. The van der Waals surface area contributed by atoms with Crippen LogP contribution in [0, 0.1) is 0 Å². The molecule has 2 heterocycles. The van der Waals surface area contributed by atoms with Crippen LogP contribution in [-0.2, 0) is 17.6 Å². The molecular formula is C17H13NO6. The van der Waals surface area contributed by atoms with Gasteiger partial charge in [0.2, 0.25) is 11.1 Å². The third kappa shape index (κ3) is 2.60. The van der Waals surface area contributed by atoms with Gasteiger partial charge < -0.3 is 14.6 Å². The average Bonchev–Trinajstić information content (AvgIpc) is 2.53. The van der Waals surface area contributed by atoms with Crippen molar-refractivity contribution >= 4 is 34.0 Å². The van der Waals surface area contributed by atoms with E-state index in [4.69, 9.17) is 9.52 Å². The lowest BCUT2D eigenvalue weighted by molar-refractivity contribution is -0.136. The summed E-state index contributed by atoms with van der Waals surface area (Å²) < 4.78 is 5.59. The van der Waals surface area contributed by atoms with Gasteiger partial charge in [0.25, 0.3) is 0 Å². The van der Waals surface area contributed by atoms with E-state index < -0.39 is 23.8 Å². The molecule has 2 N–H and O–H groups in total. The lowest BCUT2D eigenvalue weighted by Crippen LogP contribution is -2.13. The first-order valence-corrected chi connectivity index (χ1v) is 7.25. The van der Waals surface area contributed by atoms with Gasteiger partial charge in [-0.25, -0.2) is 9.78 Å². The second-order valence-corrected chi connectivity index (χ2v) is 5.33. The Kier molecular flexibility index (Phi) is 3.76. The fourth-order valence-corrected chi connectivity index (χ4v) is 2.55. The third-order valence-corrected chi connectivity index (χ3v) is 3.76. The van der Waals surface area contributed by atoms with E-state index in [-0.39, 0.29) is 22.4 Å². The van der Waals surface area contributed by atoms with Gasteiger partial charge in [-0.05, 0) is 30.2 Å². The number of aromatic carboxylic acids is 1. The van der Waals surface area contributed by atoms with Crippen molar-refractivity contribution in [3.63, 3.8) is 0 Å². The largest absolute Gasteiger partial charge is 0.481 e. The summed E-state index contributed by atoms with van der Waals surface area (Å²) in [7, 11) is 0. The van der Waals surface area contributed by atoms with E-state index in [2.05, 4.69) is 4.98 Å². The minimum atomic E-state index is -1.34. The van der Waals surface area contributed by atoms with Crippen LogP contribution in [0.15, 0.2) is 33.5 Å². The van der Waals surface area contributed by atoms with Gasteiger partial charge >= 0.3 is 11.9 Å². The van der Waals surface area contributed by atoms with E-state index >= 15 is 0 Å². The first-order valence-electron chi connectivity index (χ1n) is 7.25. The molecule has 3 rings (SSSR count).